The zero-order valence-corrected chi connectivity index (χ0v) is 11.4. The SMILES string of the molecule is O=C(NC1CCNC1)c1ccc(Br)cc1C(F)(F)F. The summed E-state index contributed by atoms with van der Waals surface area (Å²) in [5, 5.41) is 5.65. The molecular weight excluding hydrogens is 325 g/mol. The van der Waals surface area contributed by atoms with Gasteiger partial charge in [-0.05, 0) is 31.2 Å². The summed E-state index contributed by atoms with van der Waals surface area (Å²) in [6.07, 6.45) is -3.83. The molecule has 1 amide bonds. The van der Waals surface area contributed by atoms with Gasteiger partial charge in [-0.25, -0.2) is 0 Å². The van der Waals surface area contributed by atoms with E-state index in [-0.39, 0.29) is 11.6 Å². The minimum absolute atomic E-state index is 0.114. The summed E-state index contributed by atoms with van der Waals surface area (Å²) in [4.78, 5) is 11.9. The molecule has 1 aliphatic heterocycles. The molecule has 2 N–H and O–H groups in total. The molecule has 1 fully saturated rings. The molecule has 7 heteroatoms. The van der Waals surface area contributed by atoms with Crippen LogP contribution in [0.15, 0.2) is 22.7 Å². The number of hydrogen-bond donors (Lipinski definition) is 2. The van der Waals surface area contributed by atoms with E-state index in [4.69, 9.17) is 0 Å². The van der Waals surface area contributed by atoms with Crippen molar-refractivity contribution < 1.29 is 18.0 Å². The summed E-state index contributed by atoms with van der Waals surface area (Å²) in [6, 6.07) is 3.42. The van der Waals surface area contributed by atoms with Crippen molar-refractivity contribution in [1.29, 1.82) is 0 Å². The molecule has 0 bridgehead atoms. The molecule has 0 spiro atoms. The van der Waals surface area contributed by atoms with Gasteiger partial charge in [-0.3, -0.25) is 4.79 Å². The Bertz CT molecular complexity index is 484. The number of nitrogens with one attached hydrogen (secondary N) is 2. The molecule has 2 rings (SSSR count). The molecule has 1 aliphatic rings. The Morgan fingerprint density at radius 2 is 2.16 bits per heavy atom. The van der Waals surface area contributed by atoms with Crippen LogP contribution >= 0.6 is 15.9 Å². The summed E-state index contributed by atoms with van der Waals surface area (Å²) < 4.78 is 39.0. The van der Waals surface area contributed by atoms with Gasteiger partial charge in [-0.15, -0.1) is 0 Å². The molecule has 0 radical (unpaired) electrons. The Morgan fingerprint density at radius 1 is 1.42 bits per heavy atom. The van der Waals surface area contributed by atoms with Crippen LogP contribution < -0.4 is 10.6 Å². The number of carbonyl (C=O) groups is 1. The fourth-order valence-electron chi connectivity index (χ4n) is 1.99. The Balaban J connectivity index is 2.25. The number of carbonyl (C=O) groups excluding carboxylic acids is 1. The van der Waals surface area contributed by atoms with Crippen LogP contribution in [-0.4, -0.2) is 25.0 Å². The van der Waals surface area contributed by atoms with Crippen LogP contribution in [0.2, 0.25) is 0 Å². The minimum atomic E-state index is -4.55. The summed E-state index contributed by atoms with van der Waals surface area (Å²) in [6.45, 7) is 1.35. The Kier molecular flexibility index (Phi) is 4.15. The molecule has 3 nitrogen and oxygen atoms in total. The highest BCUT2D eigenvalue weighted by Gasteiger charge is 2.35. The summed E-state index contributed by atoms with van der Waals surface area (Å²) in [5.74, 6) is -0.687. The van der Waals surface area contributed by atoms with Crippen molar-refractivity contribution in [1.82, 2.24) is 10.6 Å². The number of amides is 1. The smallest absolute Gasteiger partial charge is 0.348 e. The monoisotopic (exact) mass is 336 g/mol. The maximum atomic E-state index is 12.9. The average Bonchev–Trinajstić information content (AvgIpc) is 2.80. The van der Waals surface area contributed by atoms with E-state index in [2.05, 4.69) is 26.6 Å². The summed E-state index contributed by atoms with van der Waals surface area (Å²) in [7, 11) is 0. The van der Waals surface area contributed by atoms with Crippen molar-refractivity contribution in [3.8, 4) is 0 Å². The van der Waals surface area contributed by atoms with Crippen LogP contribution in [0.5, 0.6) is 0 Å². The molecule has 0 aliphatic carbocycles. The predicted molar refractivity (Wildman–Crippen MR) is 67.9 cm³/mol. The van der Waals surface area contributed by atoms with Crippen molar-refractivity contribution in [3.63, 3.8) is 0 Å². The Hall–Kier alpha value is -1.08. The van der Waals surface area contributed by atoms with Crippen molar-refractivity contribution in [2.75, 3.05) is 13.1 Å². The van der Waals surface area contributed by atoms with E-state index in [0.29, 0.717) is 11.0 Å². The van der Waals surface area contributed by atoms with E-state index in [1.807, 2.05) is 0 Å². The third kappa shape index (κ3) is 3.48. The zero-order chi connectivity index (χ0) is 14.0. The van der Waals surface area contributed by atoms with Gasteiger partial charge in [0.15, 0.2) is 0 Å². The molecule has 1 atom stereocenters. The highest BCUT2D eigenvalue weighted by molar-refractivity contribution is 9.10. The minimum Gasteiger partial charge on any atom is -0.348 e. The molecule has 1 unspecified atom stereocenters. The zero-order valence-electron chi connectivity index (χ0n) is 9.85. The molecule has 1 aromatic rings. The first-order valence-electron chi connectivity index (χ1n) is 5.76. The van der Waals surface area contributed by atoms with Crippen molar-refractivity contribution in [2.45, 2.75) is 18.6 Å². The molecule has 0 saturated carbocycles. The van der Waals surface area contributed by atoms with Crippen molar-refractivity contribution in [3.05, 3.63) is 33.8 Å². The van der Waals surface area contributed by atoms with E-state index in [1.165, 1.54) is 12.1 Å². The highest BCUT2D eigenvalue weighted by atomic mass is 79.9. The van der Waals surface area contributed by atoms with E-state index in [0.717, 1.165) is 19.0 Å². The van der Waals surface area contributed by atoms with E-state index >= 15 is 0 Å². The lowest BCUT2D eigenvalue weighted by molar-refractivity contribution is -0.138. The number of rotatable bonds is 2. The second kappa shape index (κ2) is 5.50. The van der Waals surface area contributed by atoms with Gasteiger partial charge in [-0.1, -0.05) is 15.9 Å². The van der Waals surface area contributed by atoms with Gasteiger partial charge in [-0.2, -0.15) is 13.2 Å². The molecule has 1 heterocycles. The van der Waals surface area contributed by atoms with Crippen molar-refractivity contribution in [2.24, 2.45) is 0 Å². The van der Waals surface area contributed by atoms with Crippen LogP contribution in [0, 0.1) is 0 Å². The number of benzene rings is 1. The van der Waals surface area contributed by atoms with E-state index in [9.17, 15) is 18.0 Å². The second-order valence-corrected chi connectivity index (χ2v) is 5.27. The topological polar surface area (TPSA) is 41.1 Å². The van der Waals surface area contributed by atoms with Gasteiger partial charge in [0.1, 0.15) is 0 Å². The molecule has 19 heavy (non-hydrogen) atoms. The Morgan fingerprint density at radius 3 is 2.74 bits per heavy atom. The van der Waals surface area contributed by atoms with E-state index in [1.54, 1.807) is 0 Å². The van der Waals surface area contributed by atoms with Gasteiger partial charge < -0.3 is 10.6 Å². The lowest BCUT2D eigenvalue weighted by Gasteiger charge is -2.16. The first kappa shape index (κ1) is 14.3. The van der Waals surface area contributed by atoms with Crippen LogP contribution in [0.3, 0.4) is 0 Å². The van der Waals surface area contributed by atoms with Crippen LogP contribution in [0.4, 0.5) is 13.2 Å². The van der Waals surface area contributed by atoms with Gasteiger partial charge in [0, 0.05) is 17.1 Å². The quantitative estimate of drug-likeness (QED) is 0.871. The molecular formula is C12H12BrF3N2O. The second-order valence-electron chi connectivity index (χ2n) is 4.35. The number of alkyl halides is 3. The molecule has 1 saturated heterocycles. The third-order valence-electron chi connectivity index (χ3n) is 2.93. The van der Waals surface area contributed by atoms with Gasteiger partial charge in [0.25, 0.3) is 5.91 Å². The highest BCUT2D eigenvalue weighted by Crippen LogP contribution is 2.33. The Labute approximate surface area is 116 Å². The molecule has 1 aromatic carbocycles. The maximum Gasteiger partial charge on any atom is 0.417 e. The predicted octanol–water partition coefficient (Wildman–Crippen LogP) is 2.56. The first-order valence-corrected chi connectivity index (χ1v) is 6.55. The van der Waals surface area contributed by atoms with Crippen molar-refractivity contribution >= 4 is 21.8 Å². The number of hydrogen-bond acceptors (Lipinski definition) is 2. The fraction of sp³-hybridized carbons (Fsp3) is 0.417. The van der Waals surface area contributed by atoms with Gasteiger partial charge in [0.05, 0.1) is 11.1 Å². The average molecular weight is 337 g/mol. The van der Waals surface area contributed by atoms with Crippen LogP contribution in [0.25, 0.3) is 0 Å². The fourth-order valence-corrected chi connectivity index (χ4v) is 2.35. The lowest BCUT2D eigenvalue weighted by atomic mass is 10.1. The first-order chi connectivity index (χ1) is 8.88. The molecule has 104 valence electrons. The van der Waals surface area contributed by atoms with Gasteiger partial charge >= 0.3 is 6.18 Å². The summed E-state index contributed by atoms with van der Waals surface area (Å²) in [5.41, 5.74) is -1.27. The van der Waals surface area contributed by atoms with Crippen LogP contribution in [-0.2, 0) is 6.18 Å². The standard InChI is InChI=1S/C12H12BrF3N2O/c13-7-1-2-9(10(5-7)12(14,15)16)11(19)18-8-3-4-17-6-8/h1-2,5,8,17H,3-4,6H2,(H,18,19). The maximum absolute atomic E-state index is 12.9. The summed E-state index contributed by atoms with van der Waals surface area (Å²) >= 11 is 2.98. The normalized spacial score (nSPS) is 19.5. The van der Waals surface area contributed by atoms with Crippen LogP contribution in [0.1, 0.15) is 22.3 Å². The third-order valence-corrected chi connectivity index (χ3v) is 3.42. The number of halogens is 4. The van der Waals surface area contributed by atoms with E-state index < -0.39 is 17.6 Å². The largest absolute Gasteiger partial charge is 0.417 e. The lowest BCUT2D eigenvalue weighted by Crippen LogP contribution is -2.37. The molecule has 0 aromatic heterocycles. The van der Waals surface area contributed by atoms with Gasteiger partial charge in [0.2, 0.25) is 0 Å².